The van der Waals surface area contributed by atoms with Crippen molar-refractivity contribution in [3.63, 3.8) is 0 Å². The van der Waals surface area contributed by atoms with Crippen molar-refractivity contribution in [2.24, 2.45) is 0 Å². The summed E-state index contributed by atoms with van der Waals surface area (Å²) in [5.41, 5.74) is 2.28. The Hall–Kier alpha value is -2.05. The van der Waals surface area contributed by atoms with E-state index in [-0.39, 0.29) is 6.04 Å². The Kier molecular flexibility index (Phi) is 6.07. The van der Waals surface area contributed by atoms with Crippen molar-refractivity contribution in [1.29, 1.82) is 0 Å². The van der Waals surface area contributed by atoms with Crippen molar-refractivity contribution in [2.45, 2.75) is 43.5 Å². The molecule has 2 aromatic carbocycles. The number of nitrogens with one attached hydrogen (secondary N) is 1. The molecule has 1 saturated heterocycles. The molecule has 1 aliphatic rings. The highest BCUT2D eigenvalue weighted by Crippen LogP contribution is 2.24. The van der Waals surface area contributed by atoms with E-state index in [1.807, 2.05) is 36.4 Å². The lowest BCUT2D eigenvalue weighted by Crippen LogP contribution is -2.44. The molecule has 1 aliphatic heterocycles. The molecule has 0 bridgehead atoms. The Bertz CT molecular complexity index is 838. The van der Waals surface area contributed by atoms with Gasteiger partial charge in [0, 0.05) is 24.8 Å². The fourth-order valence-corrected chi connectivity index (χ4v) is 4.67. The molecule has 0 atom stereocenters. The van der Waals surface area contributed by atoms with E-state index < -0.39 is 10.0 Å². The van der Waals surface area contributed by atoms with E-state index in [1.54, 1.807) is 19.2 Å². The summed E-state index contributed by atoms with van der Waals surface area (Å²) < 4.78 is 33.4. The predicted octanol–water partition coefficient (Wildman–Crippen LogP) is 3.77. The Balaban J connectivity index is 1.59. The summed E-state index contributed by atoms with van der Waals surface area (Å²) in [6.45, 7) is 5.84. The summed E-state index contributed by atoms with van der Waals surface area (Å²) in [4.78, 5) is 2.62. The number of rotatable bonds is 6. The van der Waals surface area contributed by atoms with Gasteiger partial charge in [0.25, 0.3) is 0 Å². The lowest BCUT2D eigenvalue weighted by atomic mass is 10.0. The van der Waals surface area contributed by atoms with Crippen molar-refractivity contribution in [3.8, 4) is 5.75 Å². The molecule has 0 aromatic heterocycles. The van der Waals surface area contributed by atoms with Gasteiger partial charge < -0.3 is 9.64 Å². The number of hydrogen-bond acceptors (Lipinski definition) is 4. The molecule has 6 heteroatoms. The molecule has 27 heavy (non-hydrogen) atoms. The van der Waals surface area contributed by atoms with Crippen LogP contribution in [0.5, 0.6) is 5.75 Å². The summed E-state index contributed by atoms with van der Waals surface area (Å²) in [6.07, 6.45) is 1.57. The highest BCUT2D eigenvalue weighted by molar-refractivity contribution is 7.89. The zero-order valence-corrected chi connectivity index (χ0v) is 17.0. The van der Waals surface area contributed by atoms with Crippen LogP contribution in [0.3, 0.4) is 0 Å². The Morgan fingerprint density at radius 3 is 2.11 bits per heavy atom. The molecule has 0 unspecified atom stereocenters. The van der Waals surface area contributed by atoms with Crippen LogP contribution in [0, 0.1) is 0 Å². The third-order valence-corrected chi connectivity index (χ3v) is 6.65. The van der Waals surface area contributed by atoms with Gasteiger partial charge in [-0.15, -0.1) is 0 Å². The quantitative estimate of drug-likeness (QED) is 0.818. The third-order valence-electron chi connectivity index (χ3n) is 5.11. The number of methoxy groups -OCH3 is 1. The molecule has 0 saturated carbocycles. The number of ether oxygens (including phenoxy) is 1. The van der Waals surface area contributed by atoms with Crippen molar-refractivity contribution in [2.75, 3.05) is 25.1 Å². The van der Waals surface area contributed by atoms with Gasteiger partial charge in [-0.1, -0.05) is 26.0 Å². The van der Waals surface area contributed by atoms with Crippen LogP contribution >= 0.6 is 0 Å². The largest absolute Gasteiger partial charge is 0.497 e. The number of anilines is 1. The summed E-state index contributed by atoms with van der Waals surface area (Å²) >= 11 is 0. The molecule has 1 fully saturated rings. The second kappa shape index (κ2) is 8.31. The number of benzene rings is 2. The zero-order chi connectivity index (χ0) is 19.4. The normalized spacial score (nSPS) is 15.9. The van der Waals surface area contributed by atoms with Crippen molar-refractivity contribution in [1.82, 2.24) is 4.72 Å². The average Bonchev–Trinajstić information content (AvgIpc) is 2.68. The first-order valence-electron chi connectivity index (χ1n) is 9.40. The van der Waals surface area contributed by atoms with Crippen molar-refractivity contribution >= 4 is 15.7 Å². The lowest BCUT2D eigenvalue weighted by molar-refractivity contribution is 0.414. The molecule has 1 heterocycles. The molecular formula is C21H28N2O3S. The van der Waals surface area contributed by atoms with Gasteiger partial charge in [0.1, 0.15) is 5.75 Å². The van der Waals surface area contributed by atoms with Gasteiger partial charge >= 0.3 is 0 Å². The number of sulfonamides is 1. The van der Waals surface area contributed by atoms with Crippen LogP contribution in [0.15, 0.2) is 53.4 Å². The van der Waals surface area contributed by atoms with E-state index in [0.717, 1.165) is 42.9 Å². The van der Waals surface area contributed by atoms with Crippen LogP contribution in [0.4, 0.5) is 5.69 Å². The van der Waals surface area contributed by atoms with E-state index in [0.29, 0.717) is 10.8 Å². The number of piperidine rings is 1. The Morgan fingerprint density at radius 1 is 1.00 bits per heavy atom. The fraction of sp³-hybridized carbons (Fsp3) is 0.429. The van der Waals surface area contributed by atoms with Crippen molar-refractivity contribution < 1.29 is 13.2 Å². The zero-order valence-electron chi connectivity index (χ0n) is 16.2. The average molecular weight is 389 g/mol. The Morgan fingerprint density at radius 2 is 1.59 bits per heavy atom. The second-order valence-corrected chi connectivity index (χ2v) is 9.02. The summed E-state index contributed by atoms with van der Waals surface area (Å²) in [7, 11) is -1.82. The highest BCUT2D eigenvalue weighted by Gasteiger charge is 2.25. The van der Waals surface area contributed by atoms with Crippen LogP contribution in [0.25, 0.3) is 0 Å². The second-order valence-electron chi connectivity index (χ2n) is 7.30. The van der Waals surface area contributed by atoms with Crippen LogP contribution in [0.1, 0.15) is 38.2 Å². The summed E-state index contributed by atoms with van der Waals surface area (Å²) in [5, 5.41) is 0. The maximum absolute atomic E-state index is 12.7. The van der Waals surface area contributed by atoms with Crippen LogP contribution in [-0.2, 0) is 10.0 Å². The molecule has 0 aliphatic carbocycles. The van der Waals surface area contributed by atoms with Crippen LogP contribution < -0.4 is 14.4 Å². The van der Waals surface area contributed by atoms with Gasteiger partial charge in [-0.05, 0) is 60.7 Å². The Labute approximate surface area is 162 Å². The SMILES string of the molecule is COc1ccc(N2CCC(NS(=O)(=O)c3ccc(C(C)C)cc3)CC2)cc1. The maximum Gasteiger partial charge on any atom is 0.240 e. The molecule has 0 amide bonds. The maximum atomic E-state index is 12.7. The molecule has 0 spiro atoms. The highest BCUT2D eigenvalue weighted by atomic mass is 32.2. The summed E-state index contributed by atoms with van der Waals surface area (Å²) in [5.74, 6) is 1.22. The minimum Gasteiger partial charge on any atom is -0.497 e. The molecule has 1 N–H and O–H groups in total. The molecule has 0 radical (unpaired) electrons. The number of nitrogens with zero attached hydrogens (tertiary/aromatic N) is 1. The van der Waals surface area contributed by atoms with Gasteiger partial charge in [0.2, 0.25) is 10.0 Å². The van der Waals surface area contributed by atoms with Gasteiger partial charge in [-0.3, -0.25) is 0 Å². The molecule has 2 aromatic rings. The predicted molar refractivity (Wildman–Crippen MR) is 109 cm³/mol. The molecule has 5 nitrogen and oxygen atoms in total. The summed E-state index contributed by atoms with van der Waals surface area (Å²) in [6, 6.07) is 15.1. The van der Waals surface area contributed by atoms with Gasteiger partial charge in [0.15, 0.2) is 0 Å². The van der Waals surface area contributed by atoms with Gasteiger partial charge in [-0.25, -0.2) is 13.1 Å². The first-order chi connectivity index (χ1) is 12.9. The fourth-order valence-electron chi connectivity index (χ4n) is 3.37. The van der Waals surface area contributed by atoms with Gasteiger partial charge in [0.05, 0.1) is 12.0 Å². The minimum absolute atomic E-state index is 0.0331. The number of hydrogen-bond donors (Lipinski definition) is 1. The topological polar surface area (TPSA) is 58.6 Å². The molecular weight excluding hydrogens is 360 g/mol. The van der Waals surface area contributed by atoms with E-state index in [1.165, 1.54) is 0 Å². The third kappa shape index (κ3) is 4.82. The van der Waals surface area contributed by atoms with E-state index in [4.69, 9.17) is 4.74 Å². The standard InChI is InChI=1S/C21H28N2O3S/c1-16(2)17-4-10-21(11-5-17)27(24,25)22-18-12-14-23(15-13-18)19-6-8-20(26-3)9-7-19/h4-11,16,18,22H,12-15H2,1-3H3. The monoisotopic (exact) mass is 388 g/mol. The molecule has 146 valence electrons. The van der Waals surface area contributed by atoms with Gasteiger partial charge in [-0.2, -0.15) is 0 Å². The van der Waals surface area contributed by atoms with E-state index >= 15 is 0 Å². The van der Waals surface area contributed by atoms with E-state index in [2.05, 4.69) is 23.5 Å². The van der Waals surface area contributed by atoms with Crippen LogP contribution in [0.2, 0.25) is 0 Å². The smallest absolute Gasteiger partial charge is 0.240 e. The van der Waals surface area contributed by atoms with Crippen molar-refractivity contribution in [3.05, 3.63) is 54.1 Å². The first kappa shape index (κ1) is 19.7. The van der Waals surface area contributed by atoms with E-state index in [9.17, 15) is 8.42 Å². The van der Waals surface area contributed by atoms with Crippen LogP contribution in [-0.4, -0.2) is 34.7 Å². The minimum atomic E-state index is -3.48. The molecule has 3 rings (SSSR count). The first-order valence-corrected chi connectivity index (χ1v) is 10.9. The lowest BCUT2D eigenvalue weighted by Gasteiger charge is -2.33.